The first-order valence-electron chi connectivity index (χ1n) is 6.26. The third kappa shape index (κ3) is 1.60. The minimum absolute atomic E-state index is 0.386. The number of ether oxygens (including phenoxy) is 1. The van der Waals surface area contributed by atoms with E-state index in [0.717, 1.165) is 18.4 Å². The predicted molar refractivity (Wildman–Crippen MR) is 65.1 cm³/mol. The Morgan fingerprint density at radius 3 is 2.56 bits per heavy atom. The van der Waals surface area contributed by atoms with E-state index in [9.17, 15) is 9.59 Å². The van der Waals surface area contributed by atoms with Crippen LogP contribution in [0.1, 0.15) is 36.5 Å². The summed E-state index contributed by atoms with van der Waals surface area (Å²) < 4.78 is 5.14. The molecular weight excluding hydrogens is 230 g/mol. The van der Waals surface area contributed by atoms with E-state index < -0.39 is 11.7 Å². The van der Waals surface area contributed by atoms with Crippen molar-refractivity contribution in [2.24, 2.45) is 0 Å². The number of rotatable bonds is 1. The van der Waals surface area contributed by atoms with Crippen molar-refractivity contribution in [3.8, 4) is 0 Å². The van der Waals surface area contributed by atoms with E-state index in [0.29, 0.717) is 0 Å². The summed E-state index contributed by atoms with van der Waals surface area (Å²) in [5, 5.41) is 2.19. The normalized spacial score (nSPS) is 26.5. The van der Waals surface area contributed by atoms with Crippen LogP contribution in [0.5, 0.6) is 0 Å². The maximum Gasteiger partial charge on any atom is 0.415 e. The highest BCUT2D eigenvalue weighted by Gasteiger charge is 2.46. The Kier molecular flexibility index (Phi) is 2.40. The molecule has 18 heavy (non-hydrogen) atoms. The summed E-state index contributed by atoms with van der Waals surface area (Å²) in [5.74, 6) is -0.386. The van der Waals surface area contributed by atoms with Crippen molar-refractivity contribution < 1.29 is 14.3 Å². The van der Waals surface area contributed by atoms with Crippen molar-refractivity contribution in [3.05, 3.63) is 34.9 Å². The van der Waals surface area contributed by atoms with E-state index in [1.54, 1.807) is 6.92 Å². The molecule has 1 atom stereocenters. The van der Waals surface area contributed by atoms with Gasteiger partial charge in [0.25, 0.3) is 5.91 Å². The van der Waals surface area contributed by atoms with E-state index in [2.05, 4.69) is 11.4 Å². The van der Waals surface area contributed by atoms with Crippen LogP contribution in [-0.2, 0) is 28.0 Å². The molecule has 3 rings (SSSR count). The number of cyclic esters (lactones) is 1. The second-order valence-electron chi connectivity index (χ2n) is 5.07. The molecule has 1 N–H and O–H groups in total. The van der Waals surface area contributed by atoms with Crippen molar-refractivity contribution in [2.45, 2.75) is 38.2 Å². The Labute approximate surface area is 105 Å². The fourth-order valence-electron chi connectivity index (χ4n) is 2.69. The van der Waals surface area contributed by atoms with Crippen LogP contribution in [0.4, 0.5) is 4.79 Å². The van der Waals surface area contributed by atoms with Crippen LogP contribution in [-0.4, -0.2) is 12.0 Å². The number of hydrogen-bond acceptors (Lipinski definition) is 3. The van der Waals surface area contributed by atoms with Crippen LogP contribution >= 0.6 is 0 Å². The maximum absolute atomic E-state index is 11.8. The monoisotopic (exact) mass is 245 g/mol. The summed E-state index contributed by atoms with van der Waals surface area (Å²) in [7, 11) is 0. The van der Waals surface area contributed by atoms with Gasteiger partial charge in [0, 0.05) is 5.56 Å². The van der Waals surface area contributed by atoms with Crippen LogP contribution < -0.4 is 5.32 Å². The van der Waals surface area contributed by atoms with Crippen LogP contribution in [0.25, 0.3) is 0 Å². The summed E-state index contributed by atoms with van der Waals surface area (Å²) in [6, 6.07) is 5.95. The van der Waals surface area contributed by atoms with Gasteiger partial charge in [0.05, 0.1) is 0 Å². The molecule has 1 aliphatic carbocycles. The van der Waals surface area contributed by atoms with Crippen molar-refractivity contribution in [2.75, 3.05) is 0 Å². The first-order chi connectivity index (χ1) is 8.59. The Morgan fingerprint density at radius 1 is 1.17 bits per heavy atom. The molecule has 2 aliphatic rings. The highest BCUT2D eigenvalue weighted by Crippen LogP contribution is 2.32. The van der Waals surface area contributed by atoms with Gasteiger partial charge in [0.2, 0.25) is 5.60 Å². The Hall–Kier alpha value is -1.84. The summed E-state index contributed by atoms with van der Waals surface area (Å²) in [6.07, 6.45) is 3.87. The van der Waals surface area contributed by atoms with Crippen molar-refractivity contribution in [1.29, 1.82) is 0 Å². The minimum atomic E-state index is -1.18. The van der Waals surface area contributed by atoms with Gasteiger partial charge in [-0.05, 0) is 43.7 Å². The summed E-state index contributed by atoms with van der Waals surface area (Å²) in [6.45, 7) is 1.64. The number of carbonyl (C=O) groups is 2. The van der Waals surface area contributed by atoms with Gasteiger partial charge in [-0.1, -0.05) is 18.2 Å². The van der Waals surface area contributed by atoms with Gasteiger partial charge in [-0.3, -0.25) is 10.1 Å². The quantitative estimate of drug-likeness (QED) is 0.823. The van der Waals surface area contributed by atoms with Gasteiger partial charge in [-0.2, -0.15) is 0 Å². The molecule has 0 spiro atoms. The van der Waals surface area contributed by atoms with Crippen molar-refractivity contribution in [1.82, 2.24) is 5.32 Å². The topological polar surface area (TPSA) is 55.4 Å². The van der Waals surface area contributed by atoms with Gasteiger partial charge >= 0.3 is 6.09 Å². The second kappa shape index (κ2) is 3.83. The lowest BCUT2D eigenvalue weighted by atomic mass is 9.86. The Morgan fingerprint density at radius 2 is 1.89 bits per heavy atom. The molecule has 0 aromatic heterocycles. The number of aryl methyl sites for hydroxylation is 2. The number of carbonyl (C=O) groups excluding carboxylic acids is 2. The molecule has 4 nitrogen and oxygen atoms in total. The molecule has 1 heterocycles. The van der Waals surface area contributed by atoms with E-state index in [1.807, 2.05) is 12.1 Å². The Balaban J connectivity index is 2.02. The lowest BCUT2D eigenvalue weighted by molar-refractivity contribution is -0.130. The van der Waals surface area contributed by atoms with E-state index in [4.69, 9.17) is 4.74 Å². The molecule has 1 fully saturated rings. The molecule has 2 amide bonds. The number of alkyl carbamates (subject to hydrolysis) is 1. The summed E-state index contributed by atoms with van der Waals surface area (Å²) in [5.41, 5.74) is 2.20. The number of amides is 2. The highest BCUT2D eigenvalue weighted by atomic mass is 16.6. The average molecular weight is 245 g/mol. The predicted octanol–water partition coefficient (Wildman–Crippen LogP) is 2.05. The zero-order valence-corrected chi connectivity index (χ0v) is 10.3. The maximum atomic E-state index is 11.8. The van der Waals surface area contributed by atoms with E-state index in [1.165, 1.54) is 24.0 Å². The molecule has 0 radical (unpaired) electrons. The largest absolute Gasteiger partial charge is 0.428 e. The SMILES string of the molecule is CC1(c2ccc3c(c2)CCCC3)OC(=O)NC1=O. The molecule has 0 saturated carbocycles. The molecule has 1 aromatic carbocycles. The van der Waals surface area contributed by atoms with Gasteiger partial charge < -0.3 is 4.74 Å². The smallest absolute Gasteiger partial charge is 0.415 e. The van der Waals surface area contributed by atoms with Gasteiger partial charge in [0.1, 0.15) is 0 Å². The van der Waals surface area contributed by atoms with Gasteiger partial charge in [-0.15, -0.1) is 0 Å². The highest BCUT2D eigenvalue weighted by molar-refractivity contribution is 6.03. The third-order valence-corrected chi connectivity index (χ3v) is 3.85. The molecule has 1 unspecified atom stereocenters. The first-order valence-corrected chi connectivity index (χ1v) is 6.26. The minimum Gasteiger partial charge on any atom is -0.428 e. The zero-order chi connectivity index (χ0) is 12.8. The van der Waals surface area contributed by atoms with E-state index in [-0.39, 0.29) is 5.91 Å². The standard InChI is InChI=1S/C14H15NO3/c1-14(12(16)15-13(17)18-14)11-7-6-9-4-2-3-5-10(9)8-11/h6-8H,2-5H2,1H3,(H,15,16,17). The molecule has 0 bridgehead atoms. The summed E-state index contributed by atoms with van der Waals surface area (Å²) >= 11 is 0. The van der Waals surface area contributed by atoms with Crippen LogP contribution in [0.15, 0.2) is 18.2 Å². The van der Waals surface area contributed by atoms with E-state index >= 15 is 0 Å². The molecular formula is C14H15NO3. The summed E-state index contributed by atoms with van der Waals surface area (Å²) in [4.78, 5) is 23.0. The molecule has 1 saturated heterocycles. The molecule has 1 aromatic rings. The lowest BCUT2D eigenvalue weighted by Crippen LogP contribution is -2.33. The van der Waals surface area contributed by atoms with Gasteiger partial charge in [0.15, 0.2) is 0 Å². The number of nitrogens with one attached hydrogen (secondary N) is 1. The fraction of sp³-hybridized carbons (Fsp3) is 0.429. The fourth-order valence-corrected chi connectivity index (χ4v) is 2.69. The lowest BCUT2D eigenvalue weighted by Gasteiger charge is -2.23. The Bertz CT molecular complexity index is 538. The third-order valence-electron chi connectivity index (χ3n) is 3.85. The number of hydrogen-bond donors (Lipinski definition) is 1. The first kappa shape index (κ1) is 11.3. The number of benzene rings is 1. The van der Waals surface area contributed by atoms with Crippen molar-refractivity contribution in [3.63, 3.8) is 0 Å². The van der Waals surface area contributed by atoms with Crippen LogP contribution in [0.3, 0.4) is 0 Å². The zero-order valence-electron chi connectivity index (χ0n) is 10.3. The number of fused-ring (bicyclic) bond motifs is 1. The van der Waals surface area contributed by atoms with Crippen LogP contribution in [0, 0.1) is 0 Å². The second-order valence-corrected chi connectivity index (χ2v) is 5.07. The van der Waals surface area contributed by atoms with Crippen LogP contribution in [0.2, 0.25) is 0 Å². The molecule has 1 aliphatic heterocycles. The molecule has 94 valence electrons. The average Bonchev–Trinajstić information content (AvgIpc) is 2.63. The molecule has 4 heteroatoms. The van der Waals surface area contributed by atoms with Gasteiger partial charge in [-0.25, -0.2) is 4.79 Å². The number of imide groups is 1. The van der Waals surface area contributed by atoms with Crippen molar-refractivity contribution >= 4 is 12.0 Å².